The van der Waals surface area contributed by atoms with Crippen molar-refractivity contribution < 1.29 is 18.7 Å². The highest BCUT2D eigenvalue weighted by Gasteiger charge is 2.22. The van der Waals surface area contributed by atoms with Gasteiger partial charge in [0.15, 0.2) is 5.78 Å². The maximum Gasteiger partial charge on any atom is 0.223 e. The van der Waals surface area contributed by atoms with Crippen LogP contribution in [-0.2, 0) is 11.2 Å². The number of carbonyl (C=O) groups is 2. The van der Waals surface area contributed by atoms with Crippen molar-refractivity contribution in [3.8, 4) is 5.75 Å². The minimum atomic E-state index is -0.534. The monoisotopic (exact) mass is 398 g/mol. The van der Waals surface area contributed by atoms with Crippen LogP contribution in [-0.4, -0.2) is 61.3 Å². The number of para-hydroxylation sites is 1. The molecule has 6 heteroatoms. The Labute approximate surface area is 171 Å². The van der Waals surface area contributed by atoms with Crippen molar-refractivity contribution in [2.75, 3.05) is 39.8 Å². The lowest BCUT2D eigenvalue weighted by Crippen LogP contribution is -2.49. The van der Waals surface area contributed by atoms with Crippen molar-refractivity contribution in [2.45, 2.75) is 19.3 Å². The molecular formula is C23H27FN2O3. The van der Waals surface area contributed by atoms with Gasteiger partial charge in [-0.25, -0.2) is 4.39 Å². The fourth-order valence-corrected chi connectivity index (χ4v) is 3.61. The zero-order chi connectivity index (χ0) is 20.6. The Kier molecular flexibility index (Phi) is 7.36. The Balaban J connectivity index is 1.41. The molecular weight excluding hydrogens is 371 g/mol. The number of methoxy groups -OCH3 is 1. The summed E-state index contributed by atoms with van der Waals surface area (Å²) in [5.41, 5.74) is 1.24. The zero-order valence-electron chi connectivity index (χ0n) is 16.8. The van der Waals surface area contributed by atoms with Crippen LogP contribution in [0.2, 0.25) is 0 Å². The highest BCUT2D eigenvalue weighted by molar-refractivity contribution is 5.98. The summed E-state index contributed by atoms with van der Waals surface area (Å²) in [4.78, 5) is 28.7. The van der Waals surface area contributed by atoms with Gasteiger partial charge in [0, 0.05) is 45.6 Å². The smallest absolute Gasteiger partial charge is 0.223 e. The van der Waals surface area contributed by atoms with E-state index in [1.807, 2.05) is 18.2 Å². The van der Waals surface area contributed by atoms with E-state index in [1.54, 1.807) is 24.1 Å². The first kappa shape index (κ1) is 21.0. The Morgan fingerprint density at radius 3 is 2.38 bits per heavy atom. The van der Waals surface area contributed by atoms with E-state index >= 15 is 0 Å². The molecule has 0 N–H and O–H groups in total. The standard InChI is InChI=1S/C23H27FN2O3/c1-29-22-9-5-2-6-18(22)12-13-25-14-16-26(17-15-25)23(28)11-10-21(27)19-7-3-4-8-20(19)24/h2-9H,10-17H2,1H3. The van der Waals surface area contributed by atoms with Crippen LogP contribution in [0.4, 0.5) is 4.39 Å². The van der Waals surface area contributed by atoms with Crippen LogP contribution in [0.25, 0.3) is 0 Å². The van der Waals surface area contributed by atoms with Crippen molar-refractivity contribution in [3.05, 3.63) is 65.5 Å². The summed E-state index contributed by atoms with van der Waals surface area (Å²) in [5, 5.41) is 0. The fraction of sp³-hybridized carbons (Fsp3) is 0.391. The Hall–Kier alpha value is -2.73. The largest absolute Gasteiger partial charge is 0.496 e. The van der Waals surface area contributed by atoms with Gasteiger partial charge < -0.3 is 9.64 Å². The topological polar surface area (TPSA) is 49.9 Å². The molecule has 3 rings (SSSR count). The number of nitrogens with zero attached hydrogens (tertiary/aromatic N) is 2. The first-order valence-electron chi connectivity index (χ1n) is 9.98. The summed E-state index contributed by atoms with van der Waals surface area (Å²) in [5.74, 6) is 0.000376. The third kappa shape index (κ3) is 5.64. The number of ether oxygens (including phenoxy) is 1. The number of ketones is 1. The lowest BCUT2D eigenvalue weighted by molar-refractivity contribution is -0.132. The van der Waals surface area contributed by atoms with Gasteiger partial charge >= 0.3 is 0 Å². The molecule has 5 nitrogen and oxygen atoms in total. The number of rotatable bonds is 8. The minimum absolute atomic E-state index is 0.0355. The molecule has 0 saturated carbocycles. The Morgan fingerprint density at radius 2 is 1.66 bits per heavy atom. The van der Waals surface area contributed by atoms with Crippen LogP contribution < -0.4 is 4.74 Å². The van der Waals surface area contributed by atoms with E-state index in [0.717, 1.165) is 31.8 Å². The highest BCUT2D eigenvalue weighted by Crippen LogP contribution is 2.18. The molecule has 1 aliphatic rings. The van der Waals surface area contributed by atoms with Crippen molar-refractivity contribution in [1.29, 1.82) is 0 Å². The number of hydrogen-bond donors (Lipinski definition) is 0. The molecule has 0 aliphatic carbocycles. The predicted octanol–water partition coefficient (Wildman–Crippen LogP) is 3.18. The molecule has 0 spiro atoms. The molecule has 1 heterocycles. The zero-order valence-corrected chi connectivity index (χ0v) is 16.8. The third-order valence-corrected chi connectivity index (χ3v) is 5.36. The summed E-state index contributed by atoms with van der Waals surface area (Å²) in [6.45, 7) is 3.83. The SMILES string of the molecule is COc1ccccc1CCN1CCN(C(=O)CCC(=O)c2ccccc2F)CC1. The van der Waals surface area contributed by atoms with E-state index in [9.17, 15) is 14.0 Å². The number of hydrogen-bond acceptors (Lipinski definition) is 4. The van der Waals surface area contributed by atoms with Crippen LogP contribution in [0.5, 0.6) is 5.75 Å². The van der Waals surface area contributed by atoms with E-state index in [2.05, 4.69) is 11.0 Å². The average molecular weight is 398 g/mol. The van der Waals surface area contributed by atoms with Crippen LogP contribution in [0.3, 0.4) is 0 Å². The lowest BCUT2D eigenvalue weighted by atomic mass is 10.1. The molecule has 1 fully saturated rings. The van der Waals surface area contributed by atoms with Gasteiger partial charge in [-0.3, -0.25) is 14.5 Å². The second-order valence-corrected chi connectivity index (χ2v) is 7.19. The van der Waals surface area contributed by atoms with E-state index < -0.39 is 5.82 Å². The van der Waals surface area contributed by atoms with Gasteiger partial charge in [0.25, 0.3) is 0 Å². The molecule has 1 saturated heterocycles. The number of amides is 1. The second kappa shape index (κ2) is 10.2. The van der Waals surface area contributed by atoms with Crippen molar-refractivity contribution in [1.82, 2.24) is 9.80 Å². The van der Waals surface area contributed by atoms with Gasteiger partial charge in [-0.1, -0.05) is 30.3 Å². The number of Topliss-reactive ketones (excluding diaryl/α,β-unsaturated/α-hetero) is 1. The summed E-state index contributed by atoms with van der Waals surface area (Å²) >= 11 is 0. The number of halogens is 1. The van der Waals surface area contributed by atoms with Crippen molar-refractivity contribution >= 4 is 11.7 Å². The minimum Gasteiger partial charge on any atom is -0.496 e. The molecule has 0 atom stereocenters. The highest BCUT2D eigenvalue weighted by atomic mass is 19.1. The average Bonchev–Trinajstić information content (AvgIpc) is 2.76. The maximum atomic E-state index is 13.7. The molecule has 0 radical (unpaired) electrons. The van der Waals surface area contributed by atoms with Gasteiger partial charge in [0.1, 0.15) is 11.6 Å². The van der Waals surface area contributed by atoms with E-state index in [1.165, 1.54) is 17.7 Å². The van der Waals surface area contributed by atoms with Gasteiger partial charge in [0.2, 0.25) is 5.91 Å². The van der Waals surface area contributed by atoms with Crippen LogP contribution in [0, 0.1) is 5.82 Å². The summed E-state index contributed by atoms with van der Waals surface area (Å²) in [7, 11) is 1.68. The summed E-state index contributed by atoms with van der Waals surface area (Å²) in [6, 6.07) is 13.9. The Bertz CT molecular complexity index is 848. The van der Waals surface area contributed by atoms with Crippen LogP contribution >= 0.6 is 0 Å². The normalized spacial score (nSPS) is 14.6. The van der Waals surface area contributed by atoms with Gasteiger partial charge in [0.05, 0.1) is 12.7 Å². The Morgan fingerprint density at radius 1 is 0.966 bits per heavy atom. The molecule has 154 valence electrons. The molecule has 1 aliphatic heterocycles. The molecule has 0 aromatic heterocycles. The van der Waals surface area contributed by atoms with E-state index in [-0.39, 0.29) is 30.1 Å². The molecule has 2 aromatic rings. The first-order chi connectivity index (χ1) is 14.1. The van der Waals surface area contributed by atoms with Gasteiger partial charge in [-0.05, 0) is 30.2 Å². The van der Waals surface area contributed by atoms with Gasteiger partial charge in [-0.2, -0.15) is 0 Å². The number of benzene rings is 2. The van der Waals surface area contributed by atoms with E-state index in [0.29, 0.717) is 13.1 Å². The molecule has 0 unspecified atom stereocenters. The molecule has 0 bridgehead atoms. The third-order valence-electron chi connectivity index (χ3n) is 5.36. The summed E-state index contributed by atoms with van der Waals surface area (Å²) in [6.07, 6.45) is 1.05. The lowest BCUT2D eigenvalue weighted by Gasteiger charge is -2.34. The fourth-order valence-electron chi connectivity index (χ4n) is 3.61. The quantitative estimate of drug-likeness (QED) is 0.641. The second-order valence-electron chi connectivity index (χ2n) is 7.19. The maximum absolute atomic E-state index is 13.7. The van der Waals surface area contributed by atoms with Gasteiger partial charge in [-0.15, -0.1) is 0 Å². The molecule has 29 heavy (non-hydrogen) atoms. The number of piperazine rings is 1. The van der Waals surface area contributed by atoms with Crippen molar-refractivity contribution in [2.24, 2.45) is 0 Å². The first-order valence-corrected chi connectivity index (χ1v) is 9.98. The molecule has 2 aromatic carbocycles. The van der Waals surface area contributed by atoms with Crippen LogP contribution in [0.15, 0.2) is 48.5 Å². The van der Waals surface area contributed by atoms with Crippen LogP contribution in [0.1, 0.15) is 28.8 Å². The predicted molar refractivity (Wildman–Crippen MR) is 110 cm³/mol. The van der Waals surface area contributed by atoms with E-state index in [4.69, 9.17) is 4.74 Å². The molecule has 1 amide bonds. The number of carbonyl (C=O) groups excluding carboxylic acids is 2. The summed E-state index contributed by atoms with van der Waals surface area (Å²) < 4.78 is 19.1. The van der Waals surface area contributed by atoms with Crippen molar-refractivity contribution in [3.63, 3.8) is 0 Å².